The molecule has 0 bridgehead atoms. The minimum absolute atomic E-state index is 0.287. The maximum Gasteiger partial charge on any atom is 0.131 e. The molecule has 0 radical (unpaired) electrons. The topological polar surface area (TPSA) is 38.0 Å². The van der Waals surface area contributed by atoms with Crippen LogP contribution < -0.4 is 11.1 Å². The first kappa shape index (κ1) is 11.4. The minimum Gasteiger partial charge on any atom is -0.399 e. The zero-order valence-electron chi connectivity index (χ0n) is 9.08. The van der Waals surface area contributed by atoms with E-state index in [4.69, 9.17) is 5.73 Å². The molecule has 0 amide bonds. The molecule has 0 saturated heterocycles. The molecule has 88 valence electrons. The largest absolute Gasteiger partial charge is 0.399 e. The van der Waals surface area contributed by atoms with E-state index in [1.807, 2.05) is 6.07 Å². The van der Waals surface area contributed by atoms with Gasteiger partial charge in [0.15, 0.2) is 0 Å². The van der Waals surface area contributed by atoms with Gasteiger partial charge in [-0.2, -0.15) is 0 Å². The molecule has 0 unspecified atom stereocenters. The maximum atomic E-state index is 13.3. The molecule has 0 saturated carbocycles. The minimum atomic E-state index is -0.574. The number of benzene rings is 2. The van der Waals surface area contributed by atoms with Gasteiger partial charge in [0, 0.05) is 29.5 Å². The van der Waals surface area contributed by atoms with Crippen molar-refractivity contribution in [3.8, 4) is 0 Å². The van der Waals surface area contributed by atoms with Crippen LogP contribution in [0.1, 0.15) is 5.56 Å². The van der Waals surface area contributed by atoms with Crippen LogP contribution in [0.4, 0.5) is 20.2 Å². The molecule has 2 nitrogen and oxygen atoms in total. The lowest BCUT2D eigenvalue weighted by molar-refractivity contribution is 0.574. The van der Waals surface area contributed by atoms with E-state index in [0.29, 0.717) is 11.3 Å². The fourth-order valence-corrected chi connectivity index (χ4v) is 1.51. The normalized spacial score (nSPS) is 10.2. The Bertz CT molecular complexity index is 527. The van der Waals surface area contributed by atoms with Gasteiger partial charge >= 0.3 is 0 Å². The highest BCUT2D eigenvalue weighted by Crippen LogP contribution is 2.15. The molecular formula is C13H12F2N2. The van der Waals surface area contributed by atoms with Crippen LogP contribution in [0.5, 0.6) is 0 Å². The second-order valence-corrected chi connectivity index (χ2v) is 3.71. The molecular weight excluding hydrogens is 222 g/mol. The number of nitrogens with two attached hydrogens (primary N) is 1. The first-order valence-electron chi connectivity index (χ1n) is 5.18. The van der Waals surface area contributed by atoms with Crippen molar-refractivity contribution in [1.82, 2.24) is 0 Å². The molecule has 0 heterocycles. The highest BCUT2D eigenvalue weighted by atomic mass is 19.1. The van der Waals surface area contributed by atoms with E-state index in [-0.39, 0.29) is 6.54 Å². The standard InChI is InChI=1S/C13H12F2N2/c14-10-5-4-9(13(15)6-10)8-17-12-3-1-2-11(16)7-12/h1-7,17H,8,16H2. The first-order valence-corrected chi connectivity index (χ1v) is 5.18. The highest BCUT2D eigenvalue weighted by Gasteiger charge is 2.03. The van der Waals surface area contributed by atoms with Gasteiger partial charge in [0.2, 0.25) is 0 Å². The molecule has 0 fully saturated rings. The van der Waals surface area contributed by atoms with Crippen LogP contribution >= 0.6 is 0 Å². The van der Waals surface area contributed by atoms with Gasteiger partial charge in [-0.25, -0.2) is 8.78 Å². The molecule has 4 heteroatoms. The lowest BCUT2D eigenvalue weighted by Gasteiger charge is -2.08. The number of nitrogen functional groups attached to an aromatic ring is 1. The molecule has 2 aromatic rings. The van der Waals surface area contributed by atoms with Crippen molar-refractivity contribution in [3.63, 3.8) is 0 Å². The molecule has 2 aromatic carbocycles. The van der Waals surface area contributed by atoms with E-state index >= 15 is 0 Å². The number of nitrogens with one attached hydrogen (secondary N) is 1. The fraction of sp³-hybridized carbons (Fsp3) is 0.0769. The monoisotopic (exact) mass is 234 g/mol. The Morgan fingerprint density at radius 2 is 1.88 bits per heavy atom. The van der Waals surface area contributed by atoms with Gasteiger partial charge in [0.1, 0.15) is 11.6 Å². The predicted molar refractivity (Wildman–Crippen MR) is 64.5 cm³/mol. The summed E-state index contributed by atoms with van der Waals surface area (Å²) in [4.78, 5) is 0. The Labute approximate surface area is 98.1 Å². The number of hydrogen-bond acceptors (Lipinski definition) is 2. The van der Waals surface area contributed by atoms with Crippen LogP contribution in [-0.2, 0) is 6.54 Å². The van der Waals surface area contributed by atoms with Crippen molar-refractivity contribution in [2.75, 3.05) is 11.1 Å². The Morgan fingerprint density at radius 1 is 1.06 bits per heavy atom. The third-order valence-electron chi connectivity index (χ3n) is 2.38. The summed E-state index contributed by atoms with van der Waals surface area (Å²) in [6.45, 7) is 0.287. The quantitative estimate of drug-likeness (QED) is 0.800. The number of hydrogen-bond donors (Lipinski definition) is 2. The average molecular weight is 234 g/mol. The molecule has 3 N–H and O–H groups in total. The zero-order valence-corrected chi connectivity index (χ0v) is 9.08. The third kappa shape index (κ3) is 2.93. The van der Waals surface area contributed by atoms with E-state index in [2.05, 4.69) is 5.32 Å². The summed E-state index contributed by atoms with van der Waals surface area (Å²) in [6.07, 6.45) is 0. The van der Waals surface area contributed by atoms with E-state index in [1.165, 1.54) is 12.1 Å². The molecule has 0 aliphatic heterocycles. The lowest BCUT2D eigenvalue weighted by Crippen LogP contribution is -2.02. The Morgan fingerprint density at radius 3 is 2.59 bits per heavy atom. The van der Waals surface area contributed by atoms with Crippen molar-refractivity contribution in [1.29, 1.82) is 0 Å². The van der Waals surface area contributed by atoms with E-state index in [9.17, 15) is 8.78 Å². The lowest BCUT2D eigenvalue weighted by atomic mass is 10.2. The Kier molecular flexibility index (Phi) is 3.23. The van der Waals surface area contributed by atoms with E-state index < -0.39 is 11.6 Å². The first-order chi connectivity index (χ1) is 8.15. The summed E-state index contributed by atoms with van der Waals surface area (Å²) in [6, 6.07) is 10.7. The number of halogens is 2. The van der Waals surface area contributed by atoms with Crippen LogP contribution in [0.15, 0.2) is 42.5 Å². The summed E-state index contributed by atoms with van der Waals surface area (Å²) >= 11 is 0. The van der Waals surface area contributed by atoms with Gasteiger partial charge in [-0.05, 0) is 24.3 Å². The van der Waals surface area contributed by atoms with Crippen LogP contribution in [-0.4, -0.2) is 0 Å². The van der Waals surface area contributed by atoms with Crippen LogP contribution in [0.2, 0.25) is 0 Å². The second kappa shape index (κ2) is 4.82. The van der Waals surface area contributed by atoms with Crippen molar-refractivity contribution in [3.05, 3.63) is 59.7 Å². The van der Waals surface area contributed by atoms with Crippen LogP contribution in [0, 0.1) is 11.6 Å². The van der Waals surface area contributed by atoms with Gasteiger partial charge in [0.25, 0.3) is 0 Å². The number of anilines is 2. The average Bonchev–Trinajstić information content (AvgIpc) is 2.28. The van der Waals surface area contributed by atoms with Gasteiger partial charge in [0.05, 0.1) is 0 Å². The fourth-order valence-electron chi connectivity index (χ4n) is 1.51. The van der Waals surface area contributed by atoms with Crippen LogP contribution in [0.3, 0.4) is 0 Å². The van der Waals surface area contributed by atoms with Gasteiger partial charge < -0.3 is 11.1 Å². The van der Waals surface area contributed by atoms with Gasteiger partial charge in [-0.1, -0.05) is 12.1 Å². The van der Waals surface area contributed by atoms with Crippen molar-refractivity contribution in [2.24, 2.45) is 0 Å². The van der Waals surface area contributed by atoms with Crippen molar-refractivity contribution < 1.29 is 8.78 Å². The van der Waals surface area contributed by atoms with Crippen molar-refractivity contribution >= 4 is 11.4 Å². The third-order valence-corrected chi connectivity index (χ3v) is 2.38. The molecule has 0 aromatic heterocycles. The molecule has 0 spiro atoms. The zero-order chi connectivity index (χ0) is 12.3. The SMILES string of the molecule is Nc1cccc(NCc2ccc(F)cc2F)c1. The van der Waals surface area contributed by atoms with Gasteiger partial charge in [-0.15, -0.1) is 0 Å². The van der Waals surface area contributed by atoms with E-state index in [0.717, 1.165) is 11.8 Å². The Balaban J connectivity index is 2.07. The summed E-state index contributed by atoms with van der Waals surface area (Å²) in [7, 11) is 0. The highest BCUT2D eigenvalue weighted by molar-refractivity contribution is 5.54. The summed E-state index contributed by atoms with van der Waals surface area (Å²) < 4.78 is 26.0. The van der Waals surface area contributed by atoms with Gasteiger partial charge in [-0.3, -0.25) is 0 Å². The van der Waals surface area contributed by atoms with E-state index in [1.54, 1.807) is 18.2 Å². The predicted octanol–water partition coefficient (Wildman–Crippen LogP) is 3.16. The molecule has 0 aliphatic carbocycles. The summed E-state index contributed by atoms with van der Waals surface area (Å²) in [5, 5.41) is 3.02. The molecule has 0 aliphatic rings. The molecule has 0 atom stereocenters. The Hall–Kier alpha value is -2.10. The molecule has 17 heavy (non-hydrogen) atoms. The summed E-state index contributed by atoms with van der Waals surface area (Å²) in [5.74, 6) is -1.13. The maximum absolute atomic E-state index is 13.3. The smallest absolute Gasteiger partial charge is 0.131 e. The molecule has 2 rings (SSSR count). The number of rotatable bonds is 3. The second-order valence-electron chi connectivity index (χ2n) is 3.71. The van der Waals surface area contributed by atoms with Crippen LogP contribution in [0.25, 0.3) is 0 Å². The van der Waals surface area contributed by atoms with Crippen molar-refractivity contribution in [2.45, 2.75) is 6.54 Å². The summed E-state index contributed by atoms with van der Waals surface area (Å²) in [5.41, 5.74) is 7.46.